The molecule has 148 valence electrons. The first-order valence-electron chi connectivity index (χ1n) is 11.5. The van der Waals surface area contributed by atoms with Crippen LogP contribution in [0, 0.1) is 52.3 Å². The Morgan fingerprint density at radius 3 is 2.67 bits per heavy atom. The highest BCUT2D eigenvalue weighted by molar-refractivity contribution is 5.91. The van der Waals surface area contributed by atoms with E-state index in [4.69, 9.17) is 0 Å². The van der Waals surface area contributed by atoms with Crippen LogP contribution in [0.25, 0.3) is 0 Å². The summed E-state index contributed by atoms with van der Waals surface area (Å²) in [5, 5.41) is 0. The van der Waals surface area contributed by atoms with E-state index in [1.807, 2.05) is 0 Å². The first-order chi connectivity index (χ1) is 12.8. The molecule has 0 bridgehead atoms. The van der Waals surface area contributed by atoms with Crippen LogP contribution in [-0.2, 0) is 9.59 Å². The summed E-state index contributed by atoms with van der Waals surface area (Å²) in [4.78, 5) is 23.8. The number of hydrogen-bond acceptors (Lipinski definition) is 2. The van der Waals surface area contributed by atoms with Crippen LogP contribution in [0.4, 0.5) is 0 Å². The van der Waals surface area contributed by atoms with Crippen molar-refractivity contribution in [1.29, 1.82) is 0 Å². The van der Waals surface area contributed by atoms with Gasteiger partial charge in [0.1, 0.15) is 5.78 Å². The average molecular weight is 369 g/mol. The van der Waals surface area contributed by atoms with E-state index >= 15 is 0 Å². The van der Waals surface area contributed by atoms with Crippen LogP contribution in [0.15, 0.2) is 11.6 Å². The summed E-state index contributed by atoms with van der Waals surface area (Å²) in [6, 6.07) is 0. The number of hydrogen-bond donors (Lipinski definition) is 0. The van der Waals surface area contributed by atoms with Gasteiger partial charge in [0.25, 0.3) is 0 Å². The minimum absolute atomic E-state index is 0.303. The van der Waals surface area contributed by atoms with E-state index in [0.29, 0.717) is 34.2 Å². The molecule has 0 amide bonds. The van der Waals surface area contributed by atoms with E-state index in [-0.39, 0.29) is 0 Å². The lowest BCUT2D eigenvalue weighted by Gasteiger charge is -2.57. The molecule has 5 rings (SSSR count). The summed E-state index contributed by atoms with van der Waals surface area (Å²) in [6.07, 6.45) is 11.2. The molecule has 0 saturated heterocycles. The van der Waals surface area contributed by atoms with Crippen molar-refractivity contribution in [3.05, 3.63) is 11.6 Å². The van der Waals surface area contributed by atoms with Gasteiger partial charge in [-0.3, -0.25) is 4.79 Å². The number of rotatable bonds is 3. The summed E-state index contributed by atoms with van der Waals surface area (Å²) in [6.45, 7) is 9.33. The van der Waals surface area contributed by atoms with Crippen molar-refractivity contribution >= 4 is 11.6 Å². The van der Waals surface area contributed by atoms with Crippen molar-refractivity contribution in [3.8, 4) is 0 Å². The average Bonchev–Trinajstić information content (AvgIpc) is 3.38. The summed E-state index contributed by atoms with van der Waals surface area (Å²) in [5.41, 5.74) is 2.26. The molecule has 0 N–H and O–H groups in total. The monoisotopic (exact) mass is 368 g/mol. The molecule has 0 aromatic carbocycles. The van der Waals surface area contributed by atoms with Crippen LogP contribution in [0.3, 0.4) is 0 Å². The van der Waals surface area contributed by atoms with Gasteiger partial charge in [-0.05, 0) is 104 Å². The Morgan fingerprint density at radius 2 is 1.93 bits per heavy atom. The minimum atomic E-state index is 0.303. The predicted molar refractivity (Wildman–Crippen MR) is 107 cm³/mol. The molecule has 6 unspecified atom stereocenters. The van der Waals surface area contributed by atoms with Crippen LogP contribution >= 0.6 is 0 Å². The molecule has 27 heavy (non-hydrogen) atoms. The number of allylic oxidation sites excluding steroid dienone is 1. The van der Waals surface area contributed by atoms with Crippen LogP contribution in [0.2, 0.25) is 0 Å². The van der Waals surface area contributed by atoms with Gasteiger partial charge in [0.15, 0.2) is 5.78 Å². The van der Waals surface area contributed by atoms with Gasteiger partial charge in [0.05, 0.1) is 0 Å². The second kappa shape index (κ2) is 5.80. The third-order valence-electron chi connectivity index (χ3n) is 10.5. The number of carbonyl (C=O) groups is 2. The molecule has 0 aromatic heterocycles. The largest absolute Gasteiger partial charge is 0.300 e. The zero-order valence-corrected chi connectivity index (χ0v) is 17.6. The Kier molecular flexibility index (Phi) is 3.89. The quantitative estimate of drug-likeness (QED) is 0.649. The highest BCUT2D eigenvalue weighted by atomic mass is 16.1. The summed E-state index contributed by atoms with van der Waals surface area (Å²) in [5.74, 6) is 6.30. The van der Waals surface area contributed by atoms with Gasteiger partial charge in [-0.2, -0.15) is 0 Å². The Bertz CT molecular complexity index is 720. The van der Waals surface area contributed by atoms with Crippen molar-refractivity contribution in [2.75, 3.05) is 0 Å². The smallest absolute Gasteiger partial charge is 0.155 e. The van der Waals surface area contributed by atoms with E-state index in [0.717, 1.165) is 55.3 Å². The van der Waals surface area contributed by atoms with Crippen LogP contribution in [0.1, 0.15) is 79.1 Å². The fourth-order valence-corrected chi connectivity index (χ4v) is 8.65. The molecule has 9 atom stereocenters. The van der Waals surface area contributed by atoms with Gasteiger partial charge in [-0.1, -0.05) is 26.3 Å². The van der Waals surface area contributed by atoms with Gasteiger partial charge in [0.2, 0.25) is 0 Å². The summed E-state index contributed by atoms with van der Waals surface area (Å²) in [7, 11) is 0. The van der Waals surface area contributed by atoms with E-state index in [1.165, 1.54) is 25.7 Å². The van der Waals surface area contributed by atoms with Crippen molar-refractivity contribution in [2.45, 2.75) is 79.1 Å². The maximum atomic E-state index is 12.0. The SMILES string of the molecule is CC(=O)CCC1(C)[C@H](C)CC2C3C(CCC21C)C1CCC(=O)C=C1[C@H]1C[C@@H]31. The van der Waals surface area contributed by atoms with Crippen LogP contribution in [-0.4, -0.2) is 11.6 Å². The Morgan fingerprint density at radius 1 is 1.15 bits per heavy atom. The molecule has 0 radical (unpaired) electrons. The van der Waals surface area contributed by atoms with Crippen LogP contribution < -0.4 is 0 Å². The van der Waals surface area contributed by atoms with E-state index in [1.54, 1.807) is 12.5 Å². The minimum Gasteiger partial charge on any atom is -0.300 e. The lowest BCUT2D eigenvalue weighted by atomic mass is 9.48. The van der Waals surface area contributed by atoms with E-state index < -0.39 is 0 Å². The van der Waals surface area contributed by atoms with Crippen molar-refractivity contribution in [2.24, 2.45) is 52.3 Å². The lowest BCUT2D eigenvalue weighted by Crippen LogP contribution is -2.50. The fraction of sp³-hybridized carbons (Fsp3) is 0.840. The second-order valence-corrected chi connectivity index (χ2v) is 11.3. The molecule has 5 aliphatic carbocycles. The molecule has 2 heteroatoms. The second-order valence-electron chi connectivity index (χ2n) is 11.3. The molecular formula is C25H36O2. The number of ketones is 2. The number of fused-ring (bicyclic) bond motifs is 8. The summed E-state index contributed by atoms with van der Waals surface area (Å²) >= 11 is 0. The number of carbonyl (C=O) groups excluding carboxylic acids is 2. The molecule has 0 aromatic rings. The standard InChI is InChI=1S/C25H36O2/c1-14-11-22-23-18(8-10-25(22,4)24(14,3)9-7-15(2)26)17-6-5-16(27)12-19(17)20-13-21(20)23/h12,14,17-18,20-23H,5-11,13H2,1-4H3/t14-,17?,18?,20-,21-,22?,23?,24?,25?/m1/s1. The normalized spacial score (nSPS) is 53.0. The van der Waals surface area contributed by atoms with Gasteiger partial charge in [-0.15, -0.1) is 0 Å². The molecule has 4 saturated carbocycles. The van der Waals surface area contributed by atoms with E-state index in [9.17, 15) is 9.59 Å². The molecular weight excluding hydrogens is 332 g/mol. The molecule has 5 aliphatic rings. The van der Waals surface area contributed by atoms with Gasteiger partial charge < -0.3 is 4.79 Å². The van der Waals surface area contributed by atoms with Crippen LogP contribution in [0.5, 0.6) is 0 Å². The third kappa shape index (κ3) is 2.37. The zero-order chi connectivity index (χ0) is 19.1. The highest BCUT2D eigenvalue weighted by Crippen LogP contribution is 2.75. The molecule has 0 heterocycles. The molecule has 4 fully saturated rings. The maximum absolute atomic E-state index is 12.0. The molecule has 0 spiro atoms. The lowest BCUT2D eigenvalue weighted by molar-refractivity contribution is -0.120. The van der Waals surface area contributed by atoms with Gasteiger partial charge in [0, 0.05) is 12.8 Å². The molecule has 2 nitrogen and oxygen atoms in total. The Balaban J connectivity index is 1.47. The fourth-order valence-electron chi connectivity index (χ4n) is 8.65. The number of Topliss-reactive ketones (excluding diaryl/α,β-unsaturated/α-hetero) is 1. The van der Waals surface area contributed by atoms with Crippen molar-refractivity contribution in [1.82, 2.24) is 0 Å². The topological polar surface area (TPSA) is 34.1 Å². The molecule has 0 aliphatic heterocycles. The zero-order valence-electron chi connectivity index (χ0n) is 17.6. The first-order valence-corrected chi connectivity index (χ1v) is 11.5. The van der Waals surface area contributed by atoms with Gasteiger partial charge >= 0.3 is 0 Å². The summed E-state index contributed by atoms with van der Waals surface area (Å²) < 4.78 is 0. The first kappa shape index (κ1) is 18.1. The Hall–Kier alpha value is -0.920. The third-order valence-corrected chi connectivity index (χ3v) is 10.5. The van der Waals surface area contributed by atoms with Crippen molar-refractivity contribution in [3.63, 3.8) is 0 Å². The van der Waals surface area contributed by atoms with E-state index in [2.05, 4.69) is 26.8 Å². The highest BCUT2D eigenvalue weighted by Gasteiger charge is 2.68. The maximum Gasteiger partial charge on any atom is 0.155 e. The predicted octanol–water partition coefficient (Wildman–Crippen LogP) is 5.61. The Labute approximate surface area is 164 Å². The van der Waals surface area contributed by atoms with Crippen molar-refractivity contribution < 1.29 is 9.59 Å². The van der Waals surface area contributed by atoms with Gasteiger partial charge in [-0.25, -0.2) is 0 Å².